The van der Waals surface area contributed by atoms with E-state index in [4.69, 9.17) is 0 Å². The molecule has 0 radical (unpaired) electrons. The summed E-state index contributed by atoms with van der Waals surface area (Å²) in [6.07, 6.45) is 9.96. The Morgan fingerprint density at radius 3 is 1.86 bits per heavy atom. The molecular weight excluding hydrogens is 687 g/mol. The first-order chi connectivity index (χ1) is 28.0. The van der Waals surface area contributed by atoms with Crippen molar-refractivity contribution in [3.63, 3.8) is 0 Å². The summed E-state index contributed by atoms with van der Waals surface area (Å²) in [5.74, 6) is 0.382. The topological polar surface area (TPSA) is 3.24 Å². The number of benzene rings is 8. The normalized spacial score (nSPS) is 16.5. The molecule has 0 bridgehead atoms. The second kappa shape index (κ2) is 12.9. The molecule has 272 valence electrons. The smallest absolute Gasteiger partial charge is 0.0714 e. The van der Waals surface area contributed by atoms with Gasteiger partial charge in [-0.15, -0.1) is 0 Å². The number of nitrogens with zero attached hydrogens (tertiary/aromatic N) is 1. The minimum absolute atomic E-state index is 0.105. The fourth-order valence-corrected chi connectivity index (χ4v) is 10.4. The van der Waals surface area contributed by atoms with Crippen molar-refractivity contribution in [1.82, 2.24) is 0 Å². The molecule has 1 heteroatoms. The molecule has 8 aromatic rings. The summed E-state index contributed by atoms with van der Waals surface area (Å²) in [5, 5.41) is 2.54. The Hall–Kier alpha value is -6.70. The van der Waals surface area contributed by atoms with Crippen LogP contribution < -0.4 is 4.90 Å². The maximum atomic E-state index is 2.53. The van der Waals surface area contributed by atoms with Gasteiger partial charge in [-0.1, -0.05) is 190 Å². The van der Waals surface area contributed by atoms with Crippen molar-refractivity contribution < 1.29 is 0 Å². The average Bonchev–Trinajstić information content (AvgIpc) is 3.70. The van der Waals surface area contributed by atoms with Gasteiger partial charge in [-0.25, -0.2) is 0 Å². The van der Waals surface area contributed by atoms with Crippen LogP contribution >= 0.6 is 0 Å². The van der Waals surface area contributed by atoms with Gasteiger partial charge in [-0.05, 0) is 103 Å². The van der Waals surface area contributed by atoms with Gasteiger partial charge in [0.25, 0.3) is 0 Å². The lowest BCUT2D eigenvalue weighted by Gasteiger charge is -2.35. The molecule has 1 atom stereocenters. The Bertz CT molecular complexity index is 2850. The van der Waals surface area contributed by atoms with Crippen molar-refractivity contribution in [3.8, 4) is 22.3 Å². The van der Waals surface area contributed by atoms with Crippen LogP contribution in [0.1, 0.15) is 65.1 Å². The highest BCUT2D eigenvalue weighted by molar-refractivity contribution is 6.11. The van der Waals surface area contributed by atoms with E-state index in [9.17, 15) is 0 Å². The number of rotatable bonds is 6. The zero-order chi connectivity index (χ0) is 38.1. The minimum Gasteiger partial charge on any atom is -0.310 e. The Balaban J connectivity index is 1.20. The molecule has 0 saturated carbocycles. The molecule has 0 heterocycles. The summed E-state index contributed by atoms with van der Waals surface area (Å²) in [6.45, 7) is 4.75. The van der Waals surface area contributed by atoms with E-state index in [1.165, 1.54) is 77.7 Å². The van der Waals surface area contributed by atoms with Crippen molar-refractivity contribution in [2.75, 3.05) is 4.90 Å². The van der Waals surface area contributed by atoms with Crippen molar-refractivity contribution >= 4 is 27.8 Å². The second-order valence-corrected chi connectivity index (χ2v) is 16.4. The monoisotopic (exact) mass is 729 g/mol. The first-order valence-electron chi connectivity index (χ1n) is 20.3. The van der Waals surface area contributed by atoms with Gasteiger partial charge in [0.1, 0.15) is 0 Å². The van der Waals surface area contributed by atoms with E-state index in [0.29, 0.717) is 5.92 Å². The lowest BCUT2D eigenvalue weighted by atomic mass is 9.67. The lowest BCUT2D eigenvalue weighted by molar-refractivity contribution is 0.661. The third-order valence-corrected chi connectivity index (χ3v) is 13.1. The van der Waals surface area contributed by atoms with Crippen molar-refractivity contribution in [1.29, 1.82) is 0 Å². The number of hydrogen-bond donors (Lipinski definition) is 0. The first-order valence-corrected chi connectivity index (χ1v) is 20.3. The van der Waals surface area contributed by atoms with Crippen LogP contribution in [-0.4, -0.2) is 0 Å². The van der Waals surface area contributed by atoms with Crippen LogP contribution in [0.15, 0.2) is 206 Å². The van der Waals surface area contributed by atoms with Crippen LogP contribution in [0.5, 0.6) is 0 Å². The number of allylic oxidation sites excluding steroid dienone is 4. The summed E-state index contributed by atoms with van der Waals surface area (Å²) in [6, 6.07) is 68.4. The molecular formula is C56H43N. The van der Waals surface area contributed by atoms with Gasteiger partial charge in [0.2, 0.25) is 0 Å². The maximum absolute atomic E-state index is 2.53. The Labute approximate surface area is 335 Å². The van der Waals surface area contributed by atoms with Crippen LogP contribution in [0.2, 0.25) is 0 Å². The highest BCUT2D eigenvalue weighted by Gasteiger charge is 2.46. The molecule has 0 N–H and O–H groups in total. The predicted octanol–water partition coefficient (Wildman–Crippen LogP) is 14.6. The van der Waals surface area contributed by atoms with Gasteiger partial charge < -0.3 is 4.90 Å². The predicted molar refractivity (Wildman–Crippen MR) is 239 cm³/mol. The molecule has 0 saturated heterocycles. The molecule has 3 aliphatic rings. The molecule has 1 unspecified atom stereocenters. The van der Waals surface area contributed by atoms with E-state index in [0.717, 1.165) is 17.8 Å². The number of fused-ring (bicyclic) bond motifs is 8. The van der Waals surface area contributed by atoms with E-state index < -0.39 is 5.41 Å². The molecule has 0 aromatic heterocycles. The summed E-state index contributed by atoms with van der Waals surface area (Å²) >= 11 is 0. The van der Waals surface area contributed by atoms with Gasteiger partial charge in [-0.3, -0.25) is 0 Å². The van der Waals surface area contributed by atoms with Crippen LogP contribution in [0.4, 0.5) is 17.1 Å². The zero-order valence-electron chi connectivity index (χ0n) is 32.4. The van der Waals surface area contributed by atoms with Crippen molar-refractivity contribution in [2.45, 2.75) is 37.0 Å². The van der Waals surface area contributed by atoms with Crippen LogP contribution in [0, 0.1) is 0 Å². The average molecular weight is 730 g/mol. The number of hydrogen-bond acceptors (Lipinski definition) is 1. The Morgan fingerprint density at radius 1 is 0.491 bits per heavy atom. The molecule has 57 heavy (non-hydrogen) atoms. The third kappa shape index (κ3) is 4.95. The number of anilines is 3. The maximum Gasteiger partial charge on any atom is 0.0714 e. The molecule has 3 aliphatic carbocycles. The Kier molecular flexibility index (Phi) is 7.63. The molecule has 11 rings (SSSR count). The first kappa shape index (κ1) is 33.6. The van der Waals surface area contributed by atoms with Gasteiger partial charge in [0, 0.05) is 28.1 Å². The summed E-state index contributed by atoms with van der Waals surface area (Å²) in [4.78, 5) is 2.53. The van der Waals surface area contributed by atoms with Crippen molar-refractivity contribution in [3.05, 3.63) is 245 Å². The minimum atomic E-state index is -0.496. The summed E-state index contributed by atoms with van der Waals surface area (Å²) in [7, 11) is 0. The summed E-state index contributed by atoms with van der Waals surface area (Å²) < 4.78 is 0. The summed E-state index contributed by atoms with van der Waals surface area (Å²) in [5.41, 5.74) is 17.4. The van der Waals surface area contributed by atoms with E-state index >= 15 is 0 Å². The van der Waals surface area contributed by atoms with Crippen LogP contribution in [-0.2, 0) is 10.8 Å². The largest absolute Gasteiger partial charge is 0.310 e. The molecule has 1 nitrogen and oxygen atoms in total. The highest BCUT2D eigenvalue weighted by atomic mass is 15.1. The molecule has 0 spiro atoms. The van der Waals surface area contributed by atoms with E-state index in [1.807, 2.05) is 0 Å². The fourth-order valence-electron chi connectivity index (χ4n) is 10.4. The molecule has 0 aliphatic heterocycles. The Morgan fingerprint density at radius 2 is 1.14 bits per heavy atom. The quantitative estimate of drug-likeness (QED) is 0.165. The van der Waals surface area contributed by atoms with Gasteiger partial charge in [-0.2, -0.15) is 0 Å². The van der Waals surface area contributed by atoms with E-state index in [1.54, 1.807) is 0 Å². The van der Waals surface area contributed by atoms with Gasteiger partial charge >= 0.3 is 0 Å². The SMILES string of the molecule is CC1(C)c2ccccc2-c2c1ccc1cccc(N(c3ccc(C4C=CC=CC4)cc3)c3ccc4c(c3)C(c3ccccc3)(c3ccccc3)c3ccccc3-4)c21. The van der Waals surface area contributed by atoms with E-state index in [2.05, 4.69) is 225 Å². The highest BCUT2D eigenvalue weighted by Crippen LogP contribution is 2.58. The molecule has 0 amide bonds. The van der Waals surface area contributed by atoms with Crippen LogP contribution in [0.3, 0.4) is 0 Å². The third-order valence-electron chi connectivity index (χ3n) is 13.1. The zero-order valence-corrected chi connectivity index (χ0v) is 32.4. The lowest BCUT2D eigenvalue weighted by Crippen LogP contribution is -2.28. The van der Waals surface area contributed by atoms with Crippen molar-refractivity contribution in [2.24, 2.45) is 0 Å². The van der Waals surface area contributed by atoms with Gasteiger partial charge in [0.15, 0.2) is 0 Å². The van der Waals surface area contributed by atoms with Crippen LogP contribution in [0.25, 0.3) is 33.0 Å². The molecule has 8 aromatic carbocycles. The van der Waals surface area contributed by atoms with Gasteiger partial charge in [0.05, 0.1) is 11.1 Å². The standard InChI is InChI=1S/C56H43N/c1-55(2)48-26-14-13-25-47(48)54-50(55)36-31-40-19-16-28-52(53(40)54)57(43-32-29-39(30-33-43)38-17-6-3-7-18-38)44-34-35-46-45-24-12-15-27-49(45)56(51(46)37-44,41-20-8-4-9-21-41)42-22-10-5-11-23-42/h3-17,19-38H,18H2,1-2H3. The van der Waals surface area contributed by atoms with E-state index in [-0.39, 0.29) is 5.41 Å². The molecule has 0 fully saturated rings. The second-order valence-electron chi connectivity index (χ2n) is 16.4. The fraction of sp³-hybridized carbons (Fsp3) is 0.107.